The Balaban J connectivity index is 1.97. The second kappa shape index (κ2) is 6.53. The molecule has 0 spiro atoms. The fourth-order valence-electron chi connectivity index (χ4n) is 2.45. The average molecular weight is 298 g/mol. The van der Waals surface area contributed by atoms with E-state index in [0.29, 0.717) is 12.0 Å². The molecule has 1 saturated heterocycles. The second-order valence-electron chi connectivity index (χ2n) is 4.62. The molecular weight excluding hydrogens is 278 g/mol. The molecule has 0 bridgehead atoms. The van der Waals surface area contributed by atoms with Crippen LogP contribution in [0.25, 0.3) is 0 Å². The summed E-state index contributed by atoms with van der Waals surface area (Å²) >= 11 is 3.47. The molecule has 1 fully saturated rings. The van der Waals surface area contributed by atoms with Gasteiger partial charge in [-0.3, -0.25) is 0 Å². The van der Waals surface area contributed by atoms with Gasteiger partial charge in [-0.25, -0.2) is 0 Å². The minimum atomic E-state index is 0.602. The minimum absolute atomic E-state index is 0.602. The molecule has 1 aliphatic heterocycles. The lowest BCUT2D eigenvalue weighted by molar-refractivity contribution is 0.0327. The Kier molecular flexibility index (Phi) is 5.01. The number of hydrogen-bond acceptors (Lipinski definition) is 2. The first-order valence-corrected chi connectivity index (χ1v) is 7.14. The maximum absolute atomic E-state index is 5.61. The van der Waals surface area contributed by atoms with E-state index in [0.717, 1.165) is 37.1 Å². The number of benzene rings is 1. The number of ether oxygens (including phenoxy) is 1. The van der Waals surface area contributed by atoms with Gasteiger partial charge in [0, 0.05) is 23.0 Å². The molecule has 0 saturated carbocycles. The maximum atomic E-state index is 5.61. The lowest BCUT2D eigenvalue weighted by Crippen LogP contribution is -2.43. The van der Waals surface area contributed by atoms with E-state index in [9.17, 15) is 0 Å². The molecule has 2 nitrogen and oxygen atoms in total. The number of hydrogen-bond donors (Lipinski definition) is 1. The van der Waals surface area contributed by atoms with Crippen LogP contribution in [0.15, 0.2) is 28.7 Å². The predicted molar refractivity (Wildman–Crippen MR) is 74.2 cm³/mol. The zero-order chi connectivity index (χ0) is 12.1. The van der Waals surface area contributed by atoms with Gasteiger partial charge in [-0.15, -0.1) is 0 Å². The molecule has 94 valence electrons. The van der Waals surface area contributed by atoms with Crippen LogP contribution >= 0.6 is 15.9 Å². The predicted octanol–water partition coefficient (Wildman–Crippen LogP) is 3.01. The van der Waals surface area contributed by atoms with Crippen LogP contribution in [0.3, 0.4) is 0 Å². The summed E-state index contributed by atoms with van der Waals surface area (Å²) in [6.07, 6.45) is 2.24. The lowest BCUT2D eigenvalue weighted by atomic mass is 9.89. The Morgan fingerprint density at radius 2 is 2.12 bits per heavy atom. The largest absolute Gasteiger partial charge is 0.381 e. The van der Waals surface area contributed by atoms with E-state index in [1.807, 2.05) is 0 Å². The average Bonchev–Trinajstić information content (AvgIpc) is 2.35. The van der Waals surface area contributed by atoms with Gasteiger partial charge in [0.1, 0.15) is 0 Å². The van der Waals surface area contributed by atoms with Crippen molar-refractivity contribution in [3.8, 4) is 0 Å². The first-order valence-electron chi connectivity index (χ1n) is 6.35. The molecule has 0 aliphatic carbocycles. The zero-order valence-corrected chi connectivity index (χ0v) is 11.9. The molecule has 2 rings (SSSR count). The maximum Gasteiger partial charge on any atom is 0.0512 e. The number of halogens is 1. The van der Waals surface area contributed by atoms with E-state index >= 15 is 0 Å². The van der Waals surface area contributed by atoms with E-state index in [1.54, 1.807) is 0 Å². The third-order valence-electron chi connectivity index (χ3n) is 3.35. The Morgan fingerprint density at radius 1 is 1.35 bits per heavy atom. The molecule has 3 heteroatoms. The minimum Gasteiger partial charge on any atom is -0.381 e. The molecule has 2 unspecified atom stereocenters. The molecule has 1 N–H and O–H groups in total. The van der Waals surface area contributed by atoms with Crippen molar-refractivity contribution in [1.82, 2.24) is 5.32 Å². The fraction of sp³-hybridized carbons (Fsp3) is 0.571. The van der Waals surface area contributed by atoms with Gasteiger partial charge in [0.25, 0.3) is 0 Å². The van der Waals surface area contributed by atoms with Gasteiger partial charge in [0.2, 0.25) is 0 Å². The quantitative estimate of drug-likeness (QED) is 0.922. The van der Waals surface area contributed by atoms with Crippen molar-refractivity contribution < 1.29 is 4.74 Å². The van der Waals surface area contributed by atoms with Gasteiger partial charge in [-0.1, -0.05) is 35.0 Å². The second-order valence-corrected chi connectivity index (χ2v) is 5.53. The molecule has 1 heterocycles. The number of nitrogens with one attached hydrogen (secondary N) is 1. The van der Waals surface area contributed by atoms with Gasteiger partial charge >= 0.3 is 0 Å². The van der Waals surface area contributed by atoms with Crippen molar-refractivity contribution in [3.05, 3.63) is 34.3 Å². The Labute approximate surface area is 112 Å². The van der Waals surface area contributed by atoms with E-state index in [4.69, 9.17) is 4.74 Å². The third kappa shape index (κ3) is 3.80. The molecule has 1 aromatic carbocycles. The van der Waals surface area contributed by atoms with Crippen LogP contribution in [-0.4, -0.2) is 25.8 Å². The van der Waals surface area contributed by atoms with Gasteiger partial charge in [-0.2, -0.15) is 0 Å². The van der Waals surface area contributed by atoms with E-state index in [1.165, 1.54) is 5.56 Å². The highest BCUT2D eigenvalue weighted by molar-refractivity contribution is 9.10. The van der Waals surface area contributed by atoms with Gasteiger partial charge in [0.05, 0.1) is 6.61 Å². The molecule has 0 radical (unpaired) electrons. The highest BCUT2D eigenvalue weighted by Gasteiger charge is 2.24. The monoisotopic (exact) mass is 297 g/mol. The van der Waals surface area contributed by atoms with Gasteiger partial charge in [-0.05, 0) is 37.1 Å². The third-order valence-corrected chi connectivity index (χ3v) is 3.88. The highest BCUT2D eigenvalue weighted by Crippen LogP contribution is 2.21. The zero-order valence-electron chi connectivity index (χ0n) is 10.3. The first kappa shape index (κ1) is 13.1. The van der Waals surface area contributed by atoms with Gasteiger partial charge in [0.15, 0.2) is 0 Å². The van der Waals surface area contributed by atoms with E-state index in [2.05, 4.69) is 52.4 Å². The van der Waals surface area contributed by atoms with Crippen LogP contribution in [0.4, 0.5) is 0 Å². The summed E-state index contributed by atoms with van der Waals surface area (Å²) in [5, 5.41) is 3.58. The van der Waals surface area contributed by atoms with Crippen LogP contribution in [-0.2, 0) is 11.2 Å². The van der Waals surface area contributed by atoms with Crippen LogP contribution in [0.1, 0.15) is 18.9 Å². The molecule has 0 amide bonds. The fourth-order valence-corrected chi connectivity index (χ4v) is 2.72. The standard InChI is InChI=1S/C14H20BrNO/c1-2-16-14-7-8-17-10-12(14)9-11-3-5-13(15)6-4-11/h3-6,12,14,16H,2,7-10H2,1H3. The SMILES string of the molecule is CCNC1CCOCC1Cc1ccc(Br)cc1. The lowest BCUT2D eigenvalue weighted by Gasteiger charge is -2.32. The Bertz CT molecular complexity index is 337. The Hall–Kier alpha value is -0.380. The smallest absolute Gasteiger partial charge is 0.0512 e. The van der Waals surface area contributed by atoms with Crippen molar-refractivity contribution in [2.45, 2.75) is 25.8 Å². The van der Waals surface area contributed by atoms with Crippen LogP contribution in [0.2, 0.25) is 0 Å². The summed E-state index contributed by atoms with van der Waals surface area (Å²) in [5.41, 5.74) is 1.40. The van der Waals surface area contributed by atoms with E-state index in [-0.39, 0.29) is 0 Å². The van der Waals surface area contributed by atoms with E-state index < -0.39 is 0 Å². The van der Waals surface area contributed by atoms with Crippen LogP contribution in [0.5, 0.6) is 0 Å². The molecule has 1 aromatic rings. The molecule has 0 aromatic heterocycles. The van der Waals surface area contributed by atoms with Crippen molar-refractivity contribution >= 4 is 15.9 Å². The summed E-state index contributed by atoms with van der Waals surface area (Å²) in [6.45, 7) is 5.00. The van der Waals surface area contributed by atoms with Crippen LogP contribution in [0, 0.1) is 5.92 Å². The summed E-state index contributed by atoms with van der Waals surface area (Å²) < 4.78 is 6.75. The first-order chi connectivity index (χ1) is 8.29. The van der Waals surface area contributed by atoms with Crippen molar-refractivity contribution in [1.29, 1.82) is 0 Å². The summed E-state index contributed by atoms with van der Waals surface area (Å²) in [6, 6.07) is 9.23. The van der Waals surface area contributed by atoms with Crippen LogP contribution < -0.4 is 5.32 Å². The molecule has 1 aliphatic rings. The molecule has 17 heavy (non-hydrogen) atoms. The normalized spacial score (nSPS) is 24.8. The summed E-state index contributed by atoms with van der Waals surface area (Å²) in [5.74, 6) is 0.602. The van der Waals surface area contributed by atoms with Crippen molar-refractivity contribution in [2.24, 2.45) is 5.92 Å². The molecular formula is C14H20BrNO. The summed E-state index contributed by atoms with van der Waals surface area (Å²) in [7, 11) is 0. The van der Waals surface area contributed by atoms with Crippen molar-refractivity contribution in [2.75, 3.05) is 19.8 Å². The topological polar surface area (TPSA) is 21.3 Å². The summed E-state index contributed by atoms with van der Waals surface area (Å²) in [4.78, 5) is 0. The van der Waals surface area contributed by atoms with Gasteiger partial charge < -0.3 is 10.1 Å². The highest BCUT2D eigenvalue weighted by atomic mass is 79.9. The van der Waals surface area contributed by atoms with Crippen molar-refractivity contribution in [3.63, 3.8) is 0 Å². The molecule has 2 atom stereocenters. The number of rotatable bonds is 4. The Morgan fingerprint density at radius 3 is 2.82 bits per heavy atom.